The summed E-state index contributed by atoms with van der Waals surface area (Å²) in [5, 5.41) is 18.0. The summed E-state index contributed by atoms with van der Waals surface area (Å²) >= 11 is 0. The Bertz CT molecular complexity index is 162. The molecule has 1 aliphatic rings. The molecule has 0 heterocycles. The number of hydrogen-bond donors (Lipinski definition) is 2. The fourth-order valence-electron chi connectivity index (χ4n) is 2.98. The summed E-state index contributed by atoms with van der Waals surface area (Å²) < 4.78 is 0. The van der Waals surface area contributed by atoms with Crippen LogP contribution < -0.4 is 0 Å². The lowest BCUT2D eigenvalue weighted by Gasteiger charge is -2.36. The molecule has 1 fully saturated rings. The van der Waals surface area contributed by atoms with Gasteiger partial charge in [0.25, 0.3) is 0 Å². The quantitative estimate of drug-likeness (QED) is 0.739. The van der Waals surface area contributed by atoms with Gasteiger partial charge in [-0.1, -0.05) is 40.0 Å². The summed E-state index contributed by atoms with van der Waals surface area (Å²) in [4.78, 5) is 0. The average Bonchev–Trinajstić information content (AvgIpc) is 2.15. The number of aliphatic hydroxyl groups is 2. The fraction of sp³-hybridized carbons (Fsp3) is 1.00. The van der Waals surface area contributed by atoms with Gasteiger partial charge in [0.1, 0.15) is 0 Å². The third kappa shape index (κ3) is 9.61. The van der Waals surface area contributed by atoms with Gasteiger partial charge in [-0.15, -0.1) is 0 Å². The third-order valence-corrected chi connectivity index (χ3v) is 3.39. The van der Waals surface area contributed by atoms with Crippen LogP contribution in [0.15, 0.2) is 0 Å². The molecule has 2 heteroatoms. The van der Waals surface area contributed by atoms with Crippen molar-refractivity contribution < 1.29 is 10.2 Å². The summed E-state index contributed by atoms with van der Waals surface area (Å²) in [5.41, 5.74) is -0.378. The van der Waals surface area contributed by atoms with Crippen molar-refractivity contribution in [2.45, 2.75) is 78.2 Å². The smallest absolute Gasteiger partial charge is 0.0624 e. The highest BCUT2D eigenvalue weighted by molar-refractivity contribution is 4.83. The van der Waals surface area contributed by atoms with Crippen LogP contribution in [0.3, 0.4) is 0 Å². The number of rotatable bonds is 4. The van der Waals surface area contributed by atoms with Crippen LogP contribution in [0.25, 0.3) is 0 Å². The van der Waals surface area contributed by atoms with Gasteiger partial charge in [-0.3, -0.25) is 0 Å². The highest BCUT2D eigenvalue weighted by Crippen LogP contribution is 2.35. The molecule has 2 unspecified atom stereocenters. The van der Waals surface area contributed by atoms with E-state index in [1.54, 1.807) is 0 Å². The Kier molecular flexibility index (Phi) is 8.89. The molecular weight excluding hydrogens is 212 g/mol. The van der Waals surface area contributed by atoms with Crippen molar-refractivity contribution in [1.82, 2.24) is 0 Å². The van der Waals surface area contributed by atoms with Crippen molar-refractivity contribution in [3.8, 4) is 0 Å². The Labute approximate surface area is 107 Å². The number of unbranched alkanes of at least 4 members (excludes halogenated alkanes) is 3. The first-order chi connectivity index (χ1) is 7.91. The highest BCUT2D eigenvalue weighted by atomic mass is 16.3. The maximum absolute atomic E-state index is 9.72. The van der Waals surface area contributed by atoms with Crippen LogP contribution in [-0.2, 0) is 0 Å². The topological polar surface area (TPSA) is 40.5 Å². The van der Waals surface area contributed by atoms with Crippen LogP contribution in [0.1, 0.15) is 72.6 Å². The first-order valence-corrected chi connectivity index (χ1v) is 7.24. The van der Waals surface area contributed by atoms with Gasteiger partial charge in [-0.25, -0.2) is 0 Å². The van der Waals surface area contributed by atoms with Crippen LogP contribution in [0.5, 0.6) is 0 Å². The first kappa shape index (κ1) is 16.9. The van der Waals surface area contributed by atoms with Crippen LogP contribution >= 0.6 is 0 Å². The Morgan fingerprint density at radius 1 is 1.06 bits per heavy atom. The molecule has 2 atom stereocenters. The molecule has 1 aliphatic carbocycles. The molecule has 2 N–H and O–H groups in total. The van der Waals surface area contributed by atoms with Gasteiger partial charge in [-0.2, -0.15) is 0 Å². The van der Waals surface area contributed by atoms with Gasteiger partial charge in [0, 0.05) is 6.61 Å². The van der Waals surface area contributed by atoms with Gasteiger partial charge >= 0.3 is 0 Å². The molecule has 1 saturated carbocycles. The van der Waals surface area contributed by atoms with E-state index in [2.05, 4.69) is 20.8 Å². The molecule has 0 aromatic carbocycles. The molecule has 0 radical (unpaired) electrons. The van der Waals surface area contributed by atoms with Crippen molar-refractivity contribution in [2.75, 3.05) is 6.61 Å². The lowest BCUT2D eigenvalue weighted by atomic mass is 9.75. The minimum atomic E-state index is -0.378. The van der Waals surface area contributed by atoms with Crippen molar-refractivity contribution >= 4 is 0 Å². The van der Waals surface area contributed by atoms with Gasteiger partial charge in [0.05, 0.1) is 5.60 Å². The van der Waals surface area contributed by atoms with Gasteiger partial charge in [0.15, 0.2) is 0 Å². The van der Waals surface area contributed by atoms with E-state index in [1.807, 2.05) is 6.92 Å². The Morgan fingerprint density at radius 2 is 1.59 bits per heavy atom. The maximum Gasteiger partial charge on any atom is 0.0624 e. The predicted octanol–water partition coefficient (Wildman–Crippen LogP) is 3.75. The third-order valence-electron chi connectivity index (χ3n) is 3.39. The van der Waals surface area contributed by atoms with Crippen LogP contribution in [-0.4, -0.2) is 22.4 Å². The normalized spacial score (nSPS) is 32.8. The van der Waals surface area contributed by atoms with E-state index < -0.39 is 0 Å². The molecule has 104 valence electrons. The summed E-state index contributed by atoms with van der Waals surface area (Å²) in [5.74, 6) is 1.41. The number of aliphatic hydroxyl groups excluding tert-OH is 1. The molecule has 17 heavy (non-hydrogen) atoms. The van der Waals surface area contributed by atoms with E-state index in [1.165, 1.54) is 25.7 Å². The second-order valence-electron chi connectivity index (χ2n) is 6.14. The van der Waals surface area contributed by atoms with Crippen molar-refractivity contribution in [2.24, 2.45) is 11.8 Å². The fourth-order valence-corrected chi connectivity index (χ4v) is 2.98. The first-order valence-electron chi connectivity index (χ1n) is 7.24. The second kappa shape index (κ2) is 8.93. The van der Waals surface area contributed by atoms with Gasteiger partial charge in [-0.05, 0) is 44.4 Å². The van der Waals surface area contributed by atoms with Crippen LogP contribution in [0.4, 0.5) is 0 Å². The summed E-state index contributed by atoms with van der Waals surface area (Å²) in [6.07, 6.45) is 7.94. The van der Waals surface area contributed by atoms with E-state index in [0.29, 0.717) is 18.4 Å². The summed E-state index contributed by atoms with van der Waals surface area (Å²) in [6.45, 7) is 8.94. The average molecular weight is 244 g/mol. The Morgan fingerprint density at radius 3 is 1.94 bits per heavy atom. The lowest BCUT2D eigenvalue weighted by molar-refractivity contribution is -0.0146. The standard InChI is InChI=1S/C9H18O.C6H14O/c1-7-4-8(2)6-9(3,10)5-7;1-2-3-4-5-6-7/h7-8,10H,4-6H2,1-3H3;7H,2-6H2,1H3. The molecule has 0 aromatic heterocycles. The molecule has 0 aliphatic heterocycles. The monoisotopic (exact) mass is 244 g/mol. The molecule has 2 nitrogen and oxygen atoms in total. The minimum absolute atomic E-state index is 0.361. The highest BCUT2D eigenvalue weighted by Gasteiger charge is 2.31. The molecule has 1 rings (SSSR count). The van der Waals surface area contributed by atoms with E-state index in [4.69, 9.17) is 5.11 Å². The number of hydrogen-bond acceptors (Lipinski definition) is 2. The van der Waals surface area contributed by atoms with E-state index in [0.717, 1.165) is 19.3 Å². The van der Waals surface area contributed by atoms with Gasteiger partial charge < -0.3 is 10.2 Å². The molecular formula is C15H32O2. The van der Waals surface area contributed by atoms with Crippen molar-refractivity contribution in [3.63, 3.8) is 0 Å². The second-order valence-corrected chi connectivity index (χ2v) is 6.14. The zero-order chi connectivity index (χ0) is 13.3. The zero-order valence-corrected chi connectivity index (χ0v) is 12.2. The molecule has 0 bridgehead atoms. The molecule has 0 spiro atoms. The van der Waals surface area contributed by atoms with E-state index in [9.17, 15) is 5.11 Å². The largest absolute Gasteiger partial charge is 0.396 e. The maximum atomic E-state index is 9.72. The molecule has 0 amide bonds. The van der Waals surface area contributed by atoms with Crippen molar-refractivity contribution in [1.29, 1.82) is 0 Å². The lowest BCUT2D eigenvalue weighted by Crippen LogP contribution is -2.34. The molecule has 0 saturated heterocycles. The van der Waals surface area contributed by atoms with E-state index in [-0.39, 0.29) is 5.60 Å². The summed E-state index contributed by atoms with van der Waals surface area (Å²) in [7, 11) is 0. The minimum Gasteiger partial charge on any atom is -0.396 e. The van der Waals surface area contributed by atoms with Crippen LogP contribution in [0.2, 0.25) is 0 Å². The predicted molar refractivity (Wildman–Crippen MR) is 74.0 cm³/mol. The molecule has 0 aromatic rings. The SMILES string of the molecule is CC1CC(C)CC(C)(O)C1.CCCCCCO. The van der Waals surface area contributed by atoms with Crippen LogP contribution in [0, 0.1) is 11.8 Å². The Hall–Kier alpha value is -0.0800. The zero-order valence-electron chi connectivity index (χ0n) is 12.2. The van der Waals surface area contributed by atoms with E-state index >= 15 is 0 Å². The van der Waals surface area contributed by atoms with Crippen molar-refractivity contribution in [3.05, 3.63) is 0 Å². The Balaban J connectivity index is 0.000000325. The van der Waals surface area contributed by atoms with Gasteiger partial charge in [0.2, 0.25) is 0 Å². The summed E-state index contributed by atoms with van der Waals surface area (Å²) in [6, 6.07) is 0.